The fraction of sp³-hybridized carbons (Fsp3) is 0.562. The Morgan fingerprint density at radius 3 is 2.95 bits per heavy atom. The van der Waals surface area contributed by atoms with Gasteiger partial charge < -0.3 is 15.3 Å². The van der Waals surface area contributed by atoms with E-state index in [1.807, 2.05) is 4.90 Å². The number of phenols is 1. The molecule has 2 heterocycles. The van der Waals surface area contributed by atoms with Gasteiger partial charge in [-0.3, -0.25) is 4.79 Å². The molecule has 108 valence electrons. The first kappa shape index (κ1) is 13.4. The molecule has 2 aliphatic heterocycles. The van der Waals surface area contributed by atoms with Crippen LogP contribution in [0.15, 0.2) is 24.3 Å². The lowest BCUT2D eigenvalue weighted by atomic mass is 9.90. The normalized spacial score (nSPS) is 26.7. The van der Waals surface area contributed by atoms with Gasteiger partial charge in [-0.1, -0.05) is 6.07 Å². The third-order valence-corrected chi connectivity index (χ3v) is 4.53. The summed E-state index contributed by atoms with van der Waals surface area (Å²) in [5.74, 6) is 0.799. The lowest BCUT2D eigenvalue weighted by molar-refractivity contribution is 0.0670. The van der Waals surface area contributed by atoms with Crippen LogP contribution >= 0.6 is 0 Å². The minimum absolute atomic E-state index is 0.0639. The topological polar surface area (TPSA) is 52.6 Å². The van der Waals surface area contributed by atoms with Gasteiger partial charge in [0, 0.05) is 18.2 Å². The average Bonchev–Trinajstić information content (AvgIpc) is 2.97. The van der Waals surface area contributed by atoms with Gasteiger partial charge in [0.05, 0.1) is 0 Å². The van der Waals surface area contributed by atoms with Gasteiger partial charge in [0.1, 0.15) is 5.75 Å². The highest BCUT2D eigenvalue weighted by atomic mass is 16.3. The minimum Gasteiger partial charge on any atom is -0.508 e. The molecule has 2 saturated heterocycles. The Balaban J connectivity index is 1.76. The van der Waals surface area contributed by atoms with E-state index in [-0.39, 0.29) is 11.7 Å². The van der Waals surface area contributed by atoms with Gasteiger partial charge in [-0.05, 0) is 62.9 Å². The molecule has 20 heavy (non-hydrogen) atoms. The summed E-state index contributed by atoms with van der Waals surface area (Å²) in [6.45, 7) is 2.97. The Hall–Kier alpha value is -1.55. The van der Waals surface area contributed by atoms with Crippen LogP contribution in [-0.2, 0) is 0 Å². The molecule has 2 atom stereocenters. The first-order valence-electron chi connectivity index (χ1n) is 7.56. The van der Waals surface area contributed by atoms with Gasteiger partial charge in [0.15, 0.2) is 0 Å². The zero-order chi connectivity index (χ0) is 13.9. The smallest absolute Gasteiger partial charge is 0.254 e. The molecule has 0 bridgehead atoms. The summed E-state index contributed by atoms with van der Waals surface area (Å²) in [6, 6.07) is 7.05. The number of hydrogen-bond donors (Lipinski definition) is 2. The third kappa shape index (κ3) is 2.66. The van der Waals surface area contributed by atoms with Crippen molar-refractivity contribution in [1.82, 2.24) is 10.2 Å². The van der Waals surface area contributed by atoms with Crippen LogP contribution in [0, 0.1) is 5.92 Å². The van der Waals surface area contributed by atoms with E-state index in [2.05, 4.69) is 5.32 Å². The summed E-state index contributed by atoms with van der Waals surface area (Å²) in [6.07, 6.45) is 4.61. The van der Waals surface area contributed by atoms with Crippen LogP contribution in [0.3, 0.4) is 0 Å². The molecule has 1 aromatic carbocycles. The highest BCUT2D eigenvalue weighted by Crippen LogP contribution is 2.29. The molecule has 1 amide bonds. The number of nitrogens with one attached hydrogen (secondary N) is 1. The number of likely N-dealkylation sites (tertiary alicyclic amines) is 1. The van der Waals surface area contributed by atoms with Gasteiger partial charge >= 0.3 is 0 Å². The molecule has 0 spiro atoms. The molecule has 4 nitrogen and oxygen atoms in total. The molecule has 0 aromatic heterocycles. The first-order chi connectivity index (χ1) is 9.75. The van der Waals surface area contributed by atoms with Gasteiger partial charge in [0.2, 0.25) is 0 Å². The van der Waals surface area contributed by atoms with Gasteiger partial charge in [-0.25, -0.2) is 0 Å². The van der Waals surface area contributed by atoms with Gasteiger partial charge in [0.25, 0.3) is 5.91 Å². The van der Waals surface area contributed by atoms with E-state index in [1.54, 1.807) is 24.3 Å². The maximum absolute atomic E-state index is 12.6. The molecule has 0 aliphatic carbocycles. The number of aromatic hydroxyl groups is 1. The number of hydrogen-bond acceptors (Lipinski definition) is 3. The van der Waals surface area contributed by atoms with E-state index in [0.29, 0.717) is 17.5 Å². The number of carbonyl (C=O) groups is 1. The highest BCUT2D eigenvalue weighted by molar-refractivity contribution is 5.95. The number of benzene rings is 1. The summed E-state index contributed by atoms with van der Waals surface area (Å²) in [5, 5.41) is 13.0. The lowest BCUT2D eigenvalue weighted by Gasteiger charge is -2.34. The third-order valence-electron chi connectivity index (χ3n) is 4.53. The van der Waals surface area contributed by atoms with Crippen molar-refractivity contribution in [2.75, 3.05) is 19.6 Å². The van der Waals surface area contributed by atoms with Crippen molar-refractivity contribution in [2.24, 2.45) is 5.92 Å². The van der Waals surface area contributed by atoms with E-state index >= 15 is 0 Å². The van der Waals surface area contributed by atoms with Crippen LogP contribution in [0.1, 0.15) is 36.0 Å². The second kappa shape index (κ2) is 5.83. The molecule has 2 aliphatic rings. The molecule has 0 radical (unpaired) electrons. The largest absolute Gasteiger partial charge is 0.508 e. The Morgan fingerprint density at radius 1 is 1.30 bits per heavy atom. The molecule has 2 unspecified atom stereocenters. The first-order valence-corrected chi connectivity index (χ1v) is 7.56. The Labute approximate surface area is 119 Å². The molecule has 2 fully saturated rings. The molecule has 4 heteroatoms. The van der Waals surface area contributed by atoms with E-state index in [1.165, 1.54) is 12.8 Å². The van der Waals surface area contributed by atoms with Crippen molar-refractivity contribution < 1.29 is 9.90 Å². The van der Waals surface area contributed by atoms with E-state index < -0.39 is 0 Å². The van der Waals surface area contributed by atoms with Crippen molar-refractivity contribution in [2.45, 2.75) is 31.7 Å². The molecule has 3 rings (SSSR count). The standard InChI is InChI=1S/C16H22N2O2/c19-14-6-1-4-12(10-14)16(20)18-9-3-7-15(18)13-5-2-8-17-11-13/h1,4,6,10,13,15,17,19H,2-3,5,7-9,11H2. The number of phenolic OH excluding ortho intramolecular Hbond substituents is 1. The molecule has 0 saturated carbocycles. The van der Waals surface area contributed by atoms with Crippen LogP contribution in [0.4, 0.5) is 0 Å². The minimum atomic E-state index is 0.0639. The Morgan fingerprint density at radius 2 is 2.20 bits per heavy atom. The monoisotopic (exact) mass is 274 g/mol. The predicted molar refractivity (Wildman–Crippen MR) is 77.8 cm³/mol. The van der Waals surface area contributed by atoms with Crippen LogP contribution in [0.5, 0.6) is 5.75 Å². The van der Waals surface area contributed by atoms with Crippen molar-refractivity contribution in [3.63, 3.8) is 0 Å². The van der Waals surface area contributed by atoms with Crippen molar-refractivity contribution in [1.29, 1.82) is 0 Å². The molecular formula is C16H22N2O2. The SMILES string of the molecule is O=C(c1cccc(O)c1)N1CCCC1C1CCCNC1. The second-order valence-electron chi connectivity index (χ2n) is 5.86. The lowest BCUT2D eigenvalue weighted by Crippen LogP contribution is -2.45. The number of piperidine rings is 1. The Kier molecular flexibility index (Phi) is 3.92. The summed E-state index contributed by atoms with van der Waals surface area (Å²) in [7, 11) is 0. The zero-order valence-electron chi connectivity index (χ0n) is 11.7. The quantitative estimate of drug-likeness (QED) is 0.867. The number of nitrogens with zero attached hydrogens (tertiary/aromatic N) is 1. The molecule has 1 aromatic rings. The Bertz CT molecular complexity index is 483. The van der Waals surface area contributed by atoms with Crippen molar-refractivity contribution in [3.05, 3.63) is 29.8 Å². The average molecular weight is 274 g/mol. The van der Waals surface area contributed by atoms with Crippen LogP contribution in [0.25, 0.3) is 0 Å². The van der Waals surface area contributed by atoms with E-state index in [0.717, 1.165) is 32.5 Å². The number of amides is 1. The predicted octanol–water partition coefficient (Wildman–Crippen LogP) is 2.00. The number of rotatable bonds is 2. The fourth-order valence-electron chi connectivity index (χ4n) is 3.55. The van der Waals surface area contributed by atoms with Crippen molar-refractivity contribution in [3.8, 4) is 5.75 Å². The van der Waals surface area contributed by atoms with E-state index in [4.69, 9.17) is 0 Å². The summed E-state index contributed by atoms with van der Waals surface area (Å²) >= 11 is 0. The van der Waals surface area contributed by atoms with Gasteiger partial charge in [-0.2, -0.15) is 0 Å². The summed E-state index contributed by atoms with van der Waals surface area (Å²) in [5.41, 5.74) is 0.598. The maximum Gasteiger partial charge on any atom is 0.254 e. The van der Waals surface area contributed by atoms with Crippen molar-refractivity contribution >= 4 is 5.91 Å². The summed E-state index contributed by atoms with van der Waals surface area (Å²) in [4.78, 5) is 14.7. The summed E-state index contributed by atoms with van der Waals surface area (Å²) < 4.78 is 0. The maximum atomic E-state index is 12.6. The number of carbonyl (C=O) groups excluding carboxylic acids is 1. The zero-order valence-corrected chi connectivity index (χ0v) is 11.7. The van der Waals surface area contributed by atoms with E-state index in [9.17, 15) is 9.90 Å². The van der Waals surface area contributed by atoms with Crippen LogP contribution in [-0.4, -0.2) is 41.6 Å². The fourth-order valence-corrected chi connectivity index (χ4v) is 3.55. The van der Waals surface area contributed by atoms with Gasteiger partial charge in [-0.15, -0.1) is 0 Å². The second-order valence-corrected chi connectivity index (χ2v) is 5.86. The highest BCUT2D eigenvalue weighted by Gasteiger charge is 2.35. The molecular weight excluding hydrogens is 252 g/mol. The van der Waals surface area contributed by atoms with Crippen LogP contribution in [0.2, 0.25) is 0 Å². The molecule has 2 N–H and O–H groups in total. The van der Waals surface area contributed by atoms with Crippen LogP contribution < -0.4 is 5.32 Å².